The molecule has 18 heavy (non-hydrogen) atoms. The van der Waals surface area contributed by atoms with Gasteiger partial charge in [-0.05, 0) is 50.7 Å². The molecule has 2 aromatic heterocycles. The van der Waals surface area contributed by atoms with Gasteiger partial charge < -0.3 is 5.73 Å². The average Bonchev–Trinajstić information content (AvgIpc) is 2.67. The molecule has 2 heterocycles. The van der Waals surface area contributed by atoms with E-state index in [4.69, 9.17) is 5.73 Å². The summed E-state index contributed by atoms with van der Waals surface area (Å²) in [5.41, 5.74) is 6.95. The summed E-state index contributed by atoms with van der Waals surface area (Å²) >= 11 is 7.27. The normalized spacial score (nSPS) is 11.8. The van der Waals surface area contributed by atoms with Crippen LogP contribution < -0.4 is 5.73 Å². The van der Waals surface area contributed by atoms with Gasteiger partial charge in [0.15, 0.2) is 5.82 Å². The van der Waals surface area contributed by atoms with Crippen molar-refractivity contribution in [1.82, 2.24) is 9.97 Å². The number of aromatic nitrogens is 2. The zero-order chi connectivity index (χ0) is 13.5. The van der Waals surface area contributed by atoms with Gasteiger partial charge in [0.2, 0.25) is 0 Å². The number of nitrogens with two attached hydrogens (primary N) is 1. The zero-order valence-corrected chi connectivity index (χ0v) is 14.9. The SMILES string of the molecule is CC(C)(C)c1nc(-c2ccc(Br)s2)nc(N)c1I. The van der Waals surface area contributed by atoms with Crippen LogP contribution in [0.25, 0.3) is 10.7 Å². The Bertz CT molecular complexity index is 589. The molecule has 0 radical (unpaired) electrons. The van der Waals surface area contributed by atoms with Crippen molar-refractivity contribution in [2.24, 2.45) is 0 Å². The summed E-state index contributed by atoms with van der Waals surface area (Å²) in [4.78, 5) is 10.1. The molecule has 2 N–H and O–H groups in total. The highest BCUT2D eigenvalue weighted by atomic mass is 127. The second-order valence-electron chi connectivity index (χ2n) is 4.95. The Balaban J connectivity index is 2.61. The molecule has 0 fully saturated rings. The summed E-state index contributed by atoms with van der Waals surface area (Å²) in [5, 5.41) is 0. The molecule has 0 amide bonds. The molecule has 6 heteroatoms. The highest BCUT2D eigenvalue weighted by molar-refractivity contribution is 14.1. The minimum atomic E-state index is -0.0448. The minimum absolute atomic E-state index is 0.0448. The topological polar surface area (TPSA) is 51.8 Å². The fourth-order valence-electron chi connectivity index (χ4n) is 1.51. The van der Waals surface area contributed by atoms with Crippen LogP contribution >= 0.6 is 49.9 Å². The second kappa shape index (κ2) is 5.05. The van der Waals surface area contributed by atoms with E-state index in [0.717, 1.165) is 17.9 Å². The monoisotopic (exact) mass is 437 g/mol. The van der Waals surface area contributed by atoms with Crippen molar-refractivity contribution in [2.45, 2.75) is 26.2 Å². The van der Waals surface area contributed by atoms with Crippen molar-refractivity contribution in [3.63, 3.8) is 0 Å². The molecule has 0 aliphatic carbocycles. The highest BCUT2D eigenvalue weighted by Gasteiger charge is 2.23. The summed E-state index contributed by atoms with van der Waals surface area (Å²) in [7, 11) is 0. The number of halogens is 2. The number of rotatable bonds is 1. The number of nitrogens with zero attached hydrogens (tertiary/aromatic N) is 2. The van der Waals surface area contributed by atoms with Gasteiger partial charge in [-0.1, -0.05) is 20.8 Å². The summed E-state index contributed by atoms with van der Waals surface area (Å²) in [6.07, 6.45) is 0. The number of nitrogen functional groups attached to an aromatic ring is 1. The molecule has 0 aliphatic rings. The predicted molar refractivity (Wildman–Crippen MR) is 88.9 cm³/mol. The van der Waals surface area contributed by atoms with Crippen LogP contribution in [0.4, 0.5) is 5.82 Å². The van der Waals surface area contributed by atoms with Crippen LogP contribution in [0, 0.1) is 3.57 Å². The lowest BCUT2D eigenvalue weighted by Gasteiger charge is -2.20. The maximum Gasteiger partial charge on any atom is 0.171 e. The second-order valence-corrected chi connectivity index (χ2v) is 8.49. The van der Waals surface area contributed by atoms with E-state index in [1.807, 2.05) is 12.1 Å². The molecule has 0 saturated carbocycles. The first-order chi connectivity index (χ1) is 8.29. The van der Waals surface area contributed by atoms with Gasteiger partial charge >= 0.3 is 0 Å². The molecule has 0 unspecified atom stereocenters. The number of thiophene rings is 1. The van der Waals surface area contributed by atoms with E-state index in [2.05, 4.69) is 69.3 Å². The molecule has 2 rings (SSSR count). The summed E-state index contributed by atoms with van der Waals surface area (Å²) in [6.45, 7) is 6.39. The Kier molecular flexibility index (Phi) is 3.99. The number of hydrogen-bond donors (Lipinski definition) is 1. The van der Waals surface area contributed by atoms with E-state index < -0.39 is 0 Å². The van der Waals surface area contributed by atoms with Crippen LogP contribution in [0.3, 0.4) is 0 Å². The molecule has 0 bridgehead atoms. The van der Waals surface area contributed by atoms with Crippen molar-refractivity contribution >= 4 is 55.7 Å². The standard InChI is InChI=1S/C12H13BrIN3S/c1-12(2,3)9-8(14)10(15)17-11(16-9)6-4-5-7(13)18-6/h4-5H,1-3H3,(H2,15,16,17). The zero-order valence-electron chi connectivity index (χ0n) is 10.3. The van der Waals surface area contributed by atoms with Gasteiger partial charge in [0.1, 0.15) is 5.82 Å². The predicted octanol–water partition coefficient (Wildman–Crippen LogP) is 4.45. The molecule has 0 atom stereocenters. The van der Waals surface area contributed by atoms with Crippen molar-refractivity contribution < 1.29 is 0 Å². The largest absolute Gasteiger partial charge is 0.383 e. The fourth-order valence-corrected chi connectivity index (χ4v) is 3.88. The fraction of sp³-hybridized carbons (Fsp3) is 0.333. The first kappa shape index (κ1) is 14.2. The third-order valence-corrected chi connectivity index (χ3v) is 5.06. The molecule has 0 aromatic carbocycles. The van der Waals surface area contributed by atoms with Gasteiger partial charge in [0, 0.05) is 5.41 Å². The van der Waals surface area contributed by atoms with E-state index in [1.165, 1.54) is 0 Å². The number of anilines is 1. The van der Waals surface area contributed by atoms with E-state index in [9.17, 15) is 0 Å². The van der Waals surface area contributed by atoms with E-state index >= 15 is 0 Å². The van der Waals surface area contributed by atoms with Crippen LogP contribution in [0.5, 0.6) is 0 Å². The smallest absolute Gasteiger partial charge is 0.171 e. The summed E-state index contributed by atoms with van der Waals surface area (Å²) in [6, 6.07) is 4.00. The third-order valence-electron chi connectivity index (χ3n) is 2.38. The molecule has 96 valence electrons. The van der Waals surface area contributed by atoms with Crippen molar-refractivity contribution in [1.29, 1.82) is 0 Å². The van der Waals surface area contributed by atoms with Gasteiger partial charge in [-0.15, -0.1) is 11.3 Å². The molecular weight excluding hydrogens is 425 g/mol. The van der Waals surface area contributed by atoms with Gasteiger partial charge in [0.25, 0.3) is 0 Å². The van der Waals surface area contributed by atoms with Gasteiger partial charge in [-0.2, -0.15) is 0 Å². The third kappa shape index (κ3) is 2.85. The van der Waals surface area contributed by atoms with Crippen LogP contribution in [0.2, 0.25) is 0 Å². The average molecular weight is 438 g/mol. The summed E-state index contributed by atoms with van der Waals surface area (Å²) < 4.78 is 2.01. The lowest BCUT2D eigenvalue weighted by Crippen LogP contribution is -2.18. The quantitative estimate of drug-likeness (QED) is 0.670. The molecule has 0 aliphatic heterocycles. The van der Waals surface area contributed by atoms with E-state index in [1.54, 1.807) is 11.3 Å². The molecule has 3 nitrogen and oxygen atoms in total. The van der Waals surface area contributed by atoms with Crippen molar-refractivity contribution in [2.75, 3.05) is 5.73 Å². The van der Waals surface area contributed by atoms with E-state index in [0.29, 0.717) is 11.6 Å². The first-order valence-corrected chi connectivity index (χ1v) is 8.07. The first-order valence-electron chi connectivity index (χ1n) is 5.38. The Morgan fingerprint density at radius 2 is 1.94 bits per heavy atom. The lowest BCUT2D eigenvalue weighted by molar-refractivity contribution is 0.564. The Hall–Kier alpha value is -0.210. The molecule has 2 aromatic rings. The van der Waals surface area contributed by atoms with Crippen LogP contribution in [-0.2, 0) is 5.41 Å². The van der Waals surface area contributed by atoms with Crippen molar-refractivity contribution in [3.8, 4) is 10.7 Å². The minimum Gasteiger partial charge on any atom is -0.383 e. The maximum atomic E-state index is 6.00. The van der Waals surface area contributed by atoms with E-state index in [-0.39, 0.29) is 5.41 Å². The lowest BCUT2D eigenvalue weighted by atomic mass is 9.92. The Labute approximate surface area is 132 Å². The summed E-state index contributed by atoms with van der Waals surface area (Å²) in [5.74, 6) is 1.25. The van der Waals surface area contributed by atoms with Crippen LogP contribution in [-0.4, -0.2) is 9.97 Å². The van der Waals surface area contributed by atoms with Gasteiger partial charge in [0.05, 0.1) is 17.9 Å². The Morgan fingerprint density at radius 1 is 1.28 bits per heavy atom. The van der Waals surface area contributed by atoms with Crippen LogP contribution in [0.1, 0.15) is 26.5 Å². The molecule has 0 saturated heterocycles. The van der Waals surface area contributed by atoms with Gasteiger partial charge in [-0.25, -0.2) is 9.97 Å². The maximum absolute atomic E-state index is 6.00. The van der Waals surface area contributed by atoms with Crippen molar-refractivity contribution in [3.05, 3.63) is 25.2 Å². The highest BCUT2D eigenvalue weighted by Crippen LogP contribution is 2.33. The number of hydrogen-bond acceptors (Lipinski definition) is 4. The molecular formula is C12H13BrIN3S. The molecule has 0 spiro atoms. The Morgan fingerprint density at radius 3 is 2.44 bits per heavy atom. The van der Waals surface area contributed by atoms with Gasteiger partial charge in [-0.3, -0.25) is 0 Å². The van der Waals surface area contributed by atoms with Crippen LogP contribution in [0.15, 0.2) is 15.9 Å².